The van der Waals surface area contributed by atoms with Crippen LogP contribution in [0.25, 0.3) is 0 Å². The van der Waals surface area contributed by atoms with E-state index in [0.717, 1.165) is 11.1 Å². The van der Waals surface area contributed by atoms with Crippen LogP contribution in [0.3, 0.4) is 0 Å². The summed E-state index contributed by atoms with van der Waals surface area (Å²) in [6.07, 6.45) is -0.0160. The summed E-state index contributed by atoms with van der Waals surface area (Å²) in [6.45, 7) is 0.344. The van der Waals surface area contributed by atoms with Gasteiger partial charge in [0.15, 0.2) is 0 Å². The summed E-state index contributed by atoms with van der Waals surface area (Å²) in [4.78, 5) is 0. The molecule has 0 aromatic heterocycles. The first-order valence-corrected chi connectivity index (χ1v) is 8.09. The van der Waals surface area contributed by atoms with Crippen molar-refractivity contribution in [2.45, 2.75) is 24.6 Å². The fourth-order valence-corrected chi connectivity index (χ4v) is 2.18. The predicted octanol–water partition coefficient (Wildman–Crippen LogP) is 0.948. The molecule has 2 aromatic carbocycles. The smallest absolute Gasteiger partial charge is 0.115 e. The first-order valence-electron chi connectivity index (χ1n) is 8.09. The van der Waals surface area contributed by atoms with Crippen molar-refractivity contribution in [3.63, 3.8) is 0 Å². The largest absolute Gasteiger partial charge is 0.508 e. The van der Waals surface area contributed by atoms with E-state index in [-0.39, 0.29) is 24.4 Å². The van der Waals surface area contributed by atoms with Gasteiger partial charge in [-0.1, -0.05) is 42.5 Å². The molecule has 0 radical (unpaired) electrons. The third kappa shape index (κ3) is 8.11. The highest BCUT2D eigenvalue weighted by Gasteiger charge is 2.15. The van der Waals surface area contributed by atoms with Crippen LogP contribution in [-0.4, -0.2) is 47.7 Å². The van der Waals surface area contributed by atoms with Gasteiger partial charge in [-0.25, -0.2) is 0 Å². The number of aliphatic hydroxyl groups excluding tert-OH is 2. The van der Waals surface area contributed by atoms with Crippen LogP contribution in [0.5, 0.6) is 5.75 Å². The fourth-order valence-electron chi connectivity index (χ4n) is 2.18. The van der Waals surface area contributed by atoms with Crippen LogP contribution in [-0.2, 0) is 11.2 Å². The lowest BCUT2D eigenvalue weighted by atomic mass is 10.0. The lowest BCUT2D eigenvalue weighted by Crippen LogP contribution is -2.32. The average molecular weight is 348 g/mol. The van der Waals surface area contributed by atoms with Crippen molar-refractivity contribution in [2.75, 3.05) is 20.3 Å². The Labute approximate surface area is 148 Å². The van der Waals surface area contributed by atoms with Crippen molar-refractivity contribution < 1.29 is 20.1 Å². The molecule has 0 amide bonds. The minimum Gasteiger partial charge on any atom is -0.508 e. The average Bonchev–Trinajstić information content (AvgIpc) is 2.64. The second-order valence-corrected chi connectivity index (χ2v) is 5.79. The van der Waals surface area contributed by atoms with Gasteiger partial charge in [0, 0.05) is 13.2 Å². The molecular weight excluding hydrogens is 320 g/mol. The molecule has 0 bridgehead atoms. The van der Waals surface area contributed by atoms with Gasteiger partial charge in [0.1, 0.15) is 5.75 Å². The molecule has 0 fully saturated rings. The lowest BCUT2D eigenvalue weighted by Gasteiger charge is -2.17. The lowest BCUT2D eigenvalue weighted by molar-refractivity contribution is 0.0873. The number of phenolic OH excluding ortho intramolecular Hbond substituents is 1. The van der Waals surface area contributed by atoms with Crippen LogP contribution >= 0.6 is 0 Å². The summed E-state index contributed by atoms with van der Waals surface area (Å²) >= 11 is 0. The van der Waals surface area contributed by atoms with Crippen molar-refractivity contribution in [2.24, 2.45) is 11.5 Å². The van der Waals surface area contributed by atoms with Gasteiger partial charge in [-0.2, -0.15) is 0 Å². The van der Waals surface area contributed by atoms with Gasteiger partial charge >= 0.3 is 0 Å². The summed E-state index contributed by atoms with van der Waals surface area (Å²) < 4.78 is 4.86. The van der Waals surface area contributed by atoms with Crippen LogP contribution in [0.15, 0.2) is 54.6 Å². The van der Waals surface area contributed by atoms with Crippen molar-refractivity contribution in [3.8, 4) is 5.75 Å². The Bertz CT molecular complexity index is 578. The molecule has 2 rings (SSSR count). The molecule has 2 unspecified atom stereocenters. The van der Waals surface area contributed by atoms with E-state index in [1.54, 1.807) is 31.4 Å². The number of ether oxygens (including phenoxy) is 1. The quantitative estimate of drug-likeness (QED) is 0.508. The third-order valence-electron chi connectivity index (χ3n) is 3.57. The Morgan fingerprint density at radius 1 is 1.00 bits per heavy atom. The van der Waals surface area contributed by atoms with Crippen LogP contribution in [0.4, 0.5) is 0 Å². The standard InChI is InChI=1S/C10H15NO2.C9H13NO2/c1-13-7-9(11)10(12)8-5-3-2-4-6-8;10-8(6-11)5-7-1-3-9(12)4-2-7/h2-6,9-10,12H,7,11H2,1H3;1-4,8,11-12H,5-6,10H2/t;8-/m.0/s1. The number of phenols is 1. The molecular formula is C19H28N2O4. The minimum atomic E-state index is -0.652. The zero-order chi connectivity index (χ0) is 18.7. The van der Waals surface area contributed by atoms with Gasteiger partial charge in [0.2, 0.25) is 0 Å². The van der Waals surface area contributed by atoms with Crippen LogP contribution in [0, 0.1) is 0 Å². The van der Waals surface area contributed by atoms with Gasteiger partial charge in [0.05, 0.1) is 25.4 Å². The molecule has 0 aliphatic heterocycles. The molecule has 0 saturated carbocycles. The number of hydrogen-bond acceptors (Lipinski definition) is 6. The topological polar surface area (TPSA) is 122 Å². The molecule has 0 spiro atoms. The zero-order valence-corrected chi connectivity index (χ0v) is 14.5. The summed E-state index contributed by atoms with van der Waals surface area (Å²) in [7, 11) is 1.57. The highest BCUT2D eigenvalue weighted by molar-refractivity contribution is 5.26. The number of rotatable bonds is 7. The summed E-state index contributed by atoms with van der Waals surface area (Å²) in [5.74, 6) is 0.247. The third-order valence-corrected chi connectivity index (χ3v) is 3.57. The summed E-state index contributed by atoms with van der Waals surface area (Å²) in [5, 5.41) is 27.4. The molecule has 138 valence electrons. The second-order valence-electron chi connectivity index (χ2n) is 5.79. The van der Waals surface area contributed by atoms with Crippen molar-refractivity contribution in [1.29, 1.82) is 0 Å². The maximum atomic E-state index is 9.72. The SMILES string of the molecule is COCC(N)C(O)c1ccccc1.N[C@H](CO)Cc1ccc(O)cc1. The normalized spacial score (nSPS) is 14.1. The fraction of sp³-hybridized carbons (Fsp3) is 0.368. The van der Waals surface area contributed by atoms with Gasteiger partial charge in [-0.3, -0.25) is 0 Å². The molecule has 0 saturated heterocycles. The van der Waals surface area contributed by atoms with Gasteiger partial charge in [-0.15, -0.1) is 0 Å². The number of methoxy groups -OCH3 is 1. The Balaban J connectivity index is 0.000000251. The van der Waals surface area contributed by atoms with Gasteiger partial charge in [-0.05, 0) is 29.7 Å². The number of hydrogen-bond donors (Lipinski definition) is 5. The van der Waals surface area contributed by atoms with Gasteiger partial charge in [0.25, 0.3) is 0 Å². The Kier molecular flexibility index (Phi) is 9.76. The van der Waals surface area contributed by atoms with E-state index in [1.807, 2.05) is 30.3 Å². The summed E-state index contributed by atoms with van der Waals surface area (Å²) in [5.41, 5.74) is 13.1. The molecule has 6 nitrogen and oxygen atoms in total. The van der Waals surface area contributed by atoms with E-state index in [9.17, 15) is 5.11 Å². The molecule has 6 heteroatoms. The Morgan fingerprint density at radius 2 is 1.60 bits per heavy atom. The Hall–Kier alpha value is -1.96. The minimum absolute atomic E-state index is 0.0130. The second kappa shape index (κ2) is 11.6. The Morgan fingerprint density at radius 3 is 2.12 bits per heavy atom. The molecule has 7 N–H and O–H groups in total. The molecule has 0 aliphatic carbocycles. The van der Waals surface area contributed by atoms with E-state index < -0.39 is 6.10 Å². The maximum Gasteiger partial charge on any atom is 0.115 e. The highest BCUT2D eigenvalue weighted by Crippen LogP contribution is 2.14. The molecule has 2 aromatic rings. The monoisotopic (exact) mass is 348 g/mol. The van der Waals surface area contributed by atoms with Crippen LogP contribution in [0.1, 0.15) is 17.2 Å². The summed E-state index contributed by atoms with van der Waals surface area (Å²) in [6, 6.07) is 15.6. The highest BCUT2D eigenvalue weighted by atomic mass is 16.5. The molecule has 0 heterocycles. The number of nitrogens with two attached hydrogens (primary N) is 2. The van der Waals surface area contributed by atoms with E-state index >= 15 is 0 Å². The van der Waals surface area contributed by atoms with Crippen molar-refractivity contribution in [1.82, 2.24) is 0 Å². The predicted molar refractivity (Wildman–Crippen MR) is 98.1 cm³/mol. The van der Waals surface area contributed by atoms with Crippen LogP contribution in [0.2, 0.25) is 0 Å². The van der Waals surface area contributed by atoms with E-state index in [2.05, 4.69) is 0 Å². The van der Waals surface area contributed by atoms with E-state index in [4.69, 9.17) is 26.4 Å². The van der Waals surface area contributed by atoms with Crippen molar-refractivity contribution >= 4 is 0 Å². The zero-order valence-electron chi connectivity index (χ0n) is 14.5. The van der Waals surface area contributed by atoms with Gasteiger partial charge < -0.3 is 31.5 Å². The first kappa shape index (κ1) is 21.1. The first-order chi connectivity index (χ1) is 12.0. The molecule has 3 atom stereocenters. The maximum absolute atomic E-state index is 9.72. The number of aliphatic hydroxyl groups is 2. The molecule has 0 aliphatic rings. The van der Waals surface area contributed by atoms with Crippen LogP contribution < -0.4 is 11.5 Å². The van der Waals surface area contributed by atoms with E-state index in [1.165, 1.54) is 0 Å². The number of benzene rings is 2. The number of aromatic hydroxyl groups is 1. The van der Waals surface area contributed by atoms with Crippen molar-refractivity contribution in [3.05, 3.63) is 65.7 Å². The molecule has 25 heavy (non-hydrogen) atoms. The van der Waals surface area contributed by atoms with E-state index in [0.29, 0.717) is 13.0 Å².